The van der Waals surface area contributed by atoms with Crippen molar-refractivity contribution >= 4 is 37.5 Å². The van der Waals surface area contributed by atoms with Crippen LogP contribution in [-0.2, 0) is 12.1 Å². The Bertz CT molecular complexity index is 1260. The van der Waals surface area contributed by atoms with Crippen molar-refractivity contribution in [1.82, 2.24) is 15.0 Å². The van der Waals surface area contributed by atoms with Crippen molar-refractivity contribution in [3.05, 3.63) is 58.7 Å². The fourth-order valence-electron chi connectivity index (χ4n) is 3.41. The number of anilines is 1. The zero-order valence-corrected chi connectivity index (χ0v) is 17.6. The zero-order chi connectivity index (χ0) is 20.8. The first-order valence-electron chi connectivity index (χ1n) is 9.30. The van der Waals surface area contributed by atoms with Gasteiger partial charge in [-0.3, -0.25) is 0 Å². The van der Waals surface area contributed by atoms with Crippen molar-refractivity contribution in [2.45, 2.75) is 39.8 Å². The number of nitrogens with zero attached hydrogens (tertiary/aromatic N) is 4. The third-order valence-corrected chi connectivity index (χ3v) is 5.98. The topological polar surface area (TPSA) is 94.7 Å². The van der Waals surface area contributed by atoms with E-state index in [1.807, 2.05) is 38.1 Å². The van der Waals surface area contributed by atoms with E-state index >= 15 is 0 Å². The molecule has 2 N–H and O–H groups in total. The molecule has 0 saturated carbocycles. The van der Waals surface area contributed by atoms with Gasteiger partial charge >= 0.3 is 0 Å². The Kier molecular flexibility index (Phi) is 4.69. The van der Waals surface area contributed by atoms with Crippen LogP contribution in [0.15, 0.2) is 30.5 Å². The van der Waals surface area contributed by atoms with Crippen LogP contribution in [0, 0.1) is 25.2 Å². The van der Waals surface area contributed by atoms with Gasteiger partial charge in [-0.15, -0.1) is 11.3 Å². The Morgan fingerprint density at radius 1 is 1.14 bits per heavy atom. The number of aromatic nitrogens is 3. The van der Waals surface area contributed by atoms with Crippen LogP contribution in [0.2, 0.25) is 0 Å². The van der Waals surface area contributed by atoms with Gasteiger partial charge in [0.15, 0.2) is 0 Å². The van der Waals surface area contributed by atoms with E-state index in [1.165, 1.54) is 11.3 Å². The summed E-state index contributed by atoms with van der Waals surface area (Å²) in [5.41, 5.74) is 2.48. The van der Waals surface area contributed by atoms with Crippen LogP contribution in [0.4, 0.5) is 5.82 Å². The Morgan fingerprint density at radius 2 is 1.86 bits per heavy atom. The molecule has 0 aliphatic rings. The lowest BCUT2D eigenvalue weighted by Gasteiger charge is -2.18. The largest absolute Gasteiger partial charge is 0.386 e. The van der Waals surface area contributed by atoms with Gasteiger partial charge in [0, 0.05) is 23.5 Å². The molecule has 3 heterocycles. The van der Waals surface area contributed by atoms with Gasteiger partial charge in [-0.25, -0.2) is 15.0 Å². The lowest BCUT2D eigenvalue weighted by atomic mass is 9.97. The normalized spacial score (nSPS) is 11.7. The average Bonchev–Trinajstić information content (AvgIpc) is 3.05. The highest BCUT2D eigenvalue weighted by molar-refractivity contribution is 7.26. The fraction of sp³-hybridized carbons (Fsp3) is 0.273. The van der Waals surface area contributed by atoms with Gasteiger partial charge < -0.3 is 10.4 Å². The molecule has 4 rings (SSSR count). The van der Waals surface area contributed by atoms with Crippen molar-refractivity contribution in [3.63, 3.8) is 0 Å². The smallest absolute Gasteiger partial charge is 0.144 e. The number of thiophene rings is 1. The predicted molar refractivity (Wildman–Crippen MR) is 116 cm³/mol. The zero-order valence-electron chi connectivity index (χ0n) is 16.7. The minimum absolute atomic E-state index is 0.530. The van der Waals surface area contributed by atoms with Crippen molar-refractivity contribution in [3.8, 4) is 6.07 Å². The molecule has 0 fully saturated rings. The Hall–Kier alpha value is -3.08. The summed E-state index contributed by atoms with van der Waals surface area (Å²) >= 11 is 1.53. The summed E-state index contributed by atoms with van der Waals surface area (Å²) in [7, 11) is 0. The molecule has 3 aromatic heterocycles. The van der Waals surface area contributed by atoms with Gasteiger partial charge in [0.2, 0.25) is 0 Å². The second-order valence-corrected chi connectivity index (χ2v) is 8.58. The van der Waals surface area contributed by atoms with Crippen molar-refractivity contribution < 1.29 is 5.11 Å². The minimum Gasteiger partial charge on any atom is -0.386 e. The minimum atomic E-state index is -0.860. The van der Waals surface area contributed by atoms with Gasteiger partial charge in [0.1, 0.15) is 22.5 Å². The predicted octanol–water partition coefficient (Wildman–Crippen LogP) is 4.57. The number of aryl methyl sites for hydroxylation is 2. The number of nitrogens with one attached hydrogen (secondary N) is 1. The van der Waals surface area contributed by atoms with Crippen molar-refractivity contribution in [2.75, 3.05) is 5.32 Å². The molecule has 0 saturated heterocycles. The fourth-order valence-corrected chi connectivity index (χ4v) is 4.67. The van der Waals surface area contributed by atoms with E-state index in [-0.39, 0.29) is 0 Å². The summed E-state index contributed by atoms with van der Waals surface area (Å²) in [5, 5.41) is 24.9. The Balaban J connectivity index is 1.73. The lowest BCUT2D eigenvalue weighted by molar-refractivity contribution is 0.0786. The molecular weight excluding hydrogens is 382 g/mol. The molecule has 1 aromatic carbocycles. The number of fused-ring (bicyclic) bond motifs is 3. The Labute approximate surface area is 172 Å². The van der Waals surface area contributed by atoms with Crippen LogP contribution >= 0.6 is 11.3 Å². The molecule has 0 amide bonds. The first kappa shape index (κ1) is 19.2. The molecule has 0 unspecified atom stereocenters. The standard InChI is InChI=1S/C22H21N5OS/c1-12-17-18-15(9-23)11-25-20(19(18)29-21(17)27-13(2)26-12)24-10-14-5-7-16(8-6-14)22(3,4)28/h5-8,11,28H,10H2,1-4H3,(H,24,25). The quantitative estimate of drug-likeness (QED) is 0.518. The lowest BCUT2D eigenvalue weighted by Crippen LogP contribution is -2.15. The van der Waals surface area contributed by atoms with E-state index in [2.05, 4.69) is 26.3 Å². The maximum absolute atomic E-state index is 10.1. The molecule has 0 radical (unpaired) electrons. The summed E-state index contributed by atoms with van der Waals surface area (Å²) in [6.07, 6.45) is 1.60. The Morgan fingerprint density at radius 3 is 2.52 bits per heavy atom. The van der Waals surface area contributed by atoms with Crippen LogP contribution in [0.3, 0.4) is 0 Å². The highest BCUT2D eigenvalue weighted by Gasteiger charge is 2.18. The van der Waals surface area contributed by atoms with Crippen LogP contribution in [-0.4, -0.2) is 20.1 Å². The van der Waals surface area contributed by atoms with Gasteiger partial charge in [-0.1, -0.05) is 24.3 Å². The third-order valence-electron chi connectivity index (χ3n) is 4.89. The van der Waals surface area contributed by atoms with E-state index < -0.39 is 5.60 Å². The first-order chi connectivity index (χ1) is 13.8. The highest BCUT2D eigenvalue weighted by atomic mass is 32.1. The van der Waals surface area contributed by atoms with E-state index in [1.54, 1.807) is 20.0 Å². The molecular formula is C22H21N5OS. The molecule has 0 aliphatic carbocycles. The van der Waals surface area contributed by atoms with Crippen LogP contribution < -0.4 is 5.32 Å². The maximum atomic E-state index is 10.1. The number of pyridine rings is 1. The molecule has 0 aliphatic heterocycles. The number of aliphatic hydroxyl groups is 1. The molecule has 0 bridgehead atoms. The van der Waals surface area contributed by atoms with E-state index in [9.17, 15) is 10.4 Å². The van der Waals surface area contributed by atoms with Gasteiger partial charge in [-0.05, 0) is 38.8 Å². The van der Waals surface area contributed by atoms with Crippen molar-refractivity contribution in [1.29, 1.82) is 5.26 Å². The summed E-state index contributed by atoms with van der Waals surface area (Å²) in [6, 6.07) is 10.1. The van der Waals surface area contributed by atoms with E-state index in [0.717, 1.165) is 48.8 Å². The van der Waals surface area contributed by atoms with Gasteiger partial charge in [0.25, 0.3) is 0 Å². The molecule has 4 aromatic rings. The summed E-state index contributed by atoms with van der Waals surface area (Å²) in [6.45, 7) is 7.94. The molecule has 0 spiro atoms. The van der Waals surface area contributed by atoms with Crippen LogP contribution in [0.5, 0.6) is 0 Å². The second kappa shape index (κ2) is 7.07. The molecule has 29 heavy (non-hydrogen) atoms. The highest BCUT2D eigenvalue weighted by Crippen LogP contribution is 2.39. The SMILES string of the molecule is Cc1nc(C)c2c(n1)sc1c(NCc3ccc(C(C)(C)O)cc3)ncc(C#N)c12. The summed E-state index contributed by atoms with van der Waals surface area (Å²) in [5.74, 6) is 1.44. The number of rotatable bonds is 4. The second-order valence-electron chi connectivity index (χ2n) is 7.58. The van der Waals surface area contributed by atoms with Gasteiger partial charge in [-0.2, -0.15) is 5.26 Å². The van der Waals surface area contributed by atoms with Crippen LogP contribution in [0.25, 0.3) is 20.3 Å². The first-order valence-corrected chi connectivity index (χ1v) is 10.1. The number of hydrogen-bond acceptors (Lipinski definition) is 7. The number of benzene rings is 1. The molecule has 0 atom stereocenters. The summed E-state index contributed by atoms with van der Waals surface area (Å²) < 4.78 is 0.912. The third kappa shape index (κ3) is 3.53. The molecule has 146 valence electrons. The number of hydrogen-bond donors (Lipinski definition) is 2. The van der Waals surface area contributed by atoms with Crippen molar-refractivity contribution in [2.24, 2.45) is 0 Å². The monoisotopic (exact) mass is 403 g/mol. The van der Waals surface area contributed by atoms with Gasteiger partial charge in [0.05, 0.1) is 21.6 Å². The van der Waals surface area contributed by atoms with E-state index in [0.29, 0.717) is 12.1 Å². The molecule has 7 heteroatoms. The van der Waals surface area contributed by atoms with E-state index in [4.69, 9.17) is 0 Å². The summed E-state index contributed by atoms with van der Waals surface area (Å²) in [4.78, 5) is 14.4. The van der Waals surface area contributed by atoms with Crippen LogP contribution in [0.1, 0.15) is 42.1 Å². The molecule has 6 nitrogen and oxygen atoms in total. The number of nitriles is 1. The average molecular weight is 404 g/mol. The maximum Gasteiger partial charge on any atom is 0.144 e.